The molecule has 152 valence electrons. The van der Waals surface area contributed by atoms with Gasteiger partial charge < -0.3 is 14.2 Å². The molecule has 5 nitrogen and oxygen atoms in total. The minimum atomic E-state index is -0.470. The molecule has 1 aliphatic heterocycles. The van der Waals surface area contributed by atoms with Crippen LogP contribution in [0.25, 0.3) is 16.8 Å². The van der Waals surface area contributed by atoms with Crippen molar-refractivity contribution in [1.29, 1.82) is 0 Å². The van der Waals surface area contributed by atoms with Crippen LogP contribution in [0.5, 0.6) is 11.5 Å². The highest BCUT2D eigenvalue weighted by Crippen LogP contribution is 2.31. The highest BCUT2D eigenvalue weighted by atomic mass is 16.6. The highest BCUT2D eigenvalue weighted by molar-refractivity contribution is 6.17. The first-order valence-electron chi connectivity index (χ1n) is 10.1. The normalized spacial score (nSPS) is 14.7. The molecule has 0 N–H and O–H groups in total. The Morgan fingerprint density at radius 2 is 1.80 bits per heavy atom. The molecule has 0 radical (unpaired) electrons. The Kier molecular flexibility index (Phi) is 5.80. The molecular formula is C25H23NO4. The van der Waals surface area contributed by atoms with Crippen LogP contribution in [0, 0.1) is 0 Å². The van der Waals surface area contributed by atoms with Crippen LogP contribution in [0.15, 0.2) is 71.4 Å². The predicted octanol–water partition coefficient (Wildman–Crippen LogP) is 5.37. The summed E-state index contributed by atoms with van der Waals surface area (Å²) < 4.78 is 16.9. The van der Waals surface area contributed by atoms with Crippen molar-refractivity contribution in [3.05, 3.63) is 77.5 Å². The average molecular weight is 401 g/mol. The summed E-state index contributed by atoms with van der Waals surface area (Å²) in [5, 5.41) is 2.05. The monoisotopic (exact) mass is 401 g/mol. The molecule has 4 rings (SSSR count). The number of hydrogen-bond donors (Lipinski definition) is 0. The first kappa shape index (κ1) is 19.7. The molecule has 1 aliphatic rings. The number of cyclic esters (lactones) is 1. The van der Waals surface area contributed by atoms with E-state index in [2.05, 4.69) is 11.9 Å². The van der Waals surface area contributed by atoms with Crippen molar-refractivity contribution >= 4 is 28.7 Å². The minimum Gasteiger partial charge on any atom is -0.490 e. The predicted molar refractivity (Wildman–Crippen MR) is 118 cm³/mol. The Bertz CT molecular complexity index is 1140. The Morgan fingerprint density at radius 1 is 0.967 bits per heavy atom. The highest BCUT2D eigenvalue weighted by Gasteiger charge is 2.25. The van der Waals surface area contributed by atoms with Crippen LogP contribution in [0.1, 0.15) is 31.4 Å². The van der Waals surface area contributed by atoms with Gasteiger partial charge in [-0.15, -0.1) is 0 Å². The molecule has 0 atom stereocenters. The molecule has 1 heterocycles. The lowest BCUT2D eigenvalue weighted by molar-refractivity contribution is -0.129. The fourth-order valence-corrected chi connectivity index (χ4v) is 3.31. The molecule has 5 heteroatoms. The molecule has 0 amide bonds. The summed E-state index contributed by atoms with van der Waals surface area (Å²) in [7, 11) is 0. The third-order valence-corrected chi connectivity index (χ3v) is 4.67. The van der Waals surface area contributed by atoms with E-state index in [0.29, 0.717) is 30.6 Å². The number of carbonyl (C=O) groups excluding carboxylic acids is 1. The zero-order chi connectivity index (χ0) is 20.9. The van der Waals surface area contributed by atoms with Crippen molar-refractivity contribution in [3.63, 3.8) is 0 Å². The van der Waals surface area contributed by atoms with Crippen molar-refractivity contribution in [2.24, 2.45) is 4.99 Å². The van der Waals surface area contributed by atoms with E-state index < -0.39 is 5.97 Å². The topological polar surface area (TPSA) is 57.1 Å². The summed E-state index contributed by atoms with van der Waals surface area (Å²) in [6, 6.07) is 19.4. The number of carbonyl (C=O) groups is 1. The molecule has 0 bridgehead atoms. The molecule has 3 aromatic rings. The SMILES string of the molecule is CCCOc1ccc(C=C2N=C(c3cccc4ccccc34)OC2=O)cc1OCC. The van der Waals surface area contributed by atoms with E-state index in [9.17, 15) is 4.79 Å². The van der Waals surface area contributed by atoms with E-state index in [-0.39, 0.29) is 5.70 Å². The smallest absolute Gasteiger partial charge is 0.363 e. The zero-order valence-corrected chi connectivity index (χ0v) is 17.1. The number of benzene rings is 3. The van der Waals surface area contributed by atoms with E-state index in [0.717, 1.165) is 28.3 Å². The van der Waals surface area contributed by atoms with Gasteiger partial charge in [0, 0.05) is 5.56 Å². The maximum atomic E-state index is 12.5. The van der Waals surface area contributed by atoms with E-state index in [1.54, 1.807) is 6.08 Å². The van der Waals surface area contributed by atoms with Gasteiger partial charge in [-0.2, -0.15) is 0 Å². The maximum Gasteiger partial charge on any atom is 0.363 e. The molecular weight excluding hydrogens is 378 g/mol. The summed E-state index contributed by atoms with van der Waals surface area (Å²) in [6.45, 7) is 5.11. The van der Waals surface area contributed by atoms with Gasteiger partial charge in [-0.1, -0.05) is 49.4 Å². The second-order valence-electron chi connectivity index (χ2n) is 6.85. The first-order valence-corrected chi connectivity index (χ1v) is 10.1. The molecule has 0 unspecified atom stereocenters. The Labute approximate surface area is 175 Å². The number of hydrogen-bond acceptors (Lipinski definition) is 5. The Hall–Kier alpha value is -3.60. The van der Waals surface area contributed by atoms with Crippen LogP contribution >= 0.6 is 0 Å². The number of rotatable bonds is 7. The molecule has 3 aromatic carbocycles. The largest absolute Gasteiger partial charge is 0.490 e. The lowest BCUT2D eigenvalue weighted by Crippen LogP contribution is -2.05. The molecule has 0 saturated heterocycles. The zero-order valence-electron chi connectivity index (χ0n) is 17.1. The number of ether oxygens (including phenoxy) is 3. The second-order valence-corrected chi connectivity index (χ2v) is 6.85. The fourth-order valence-electron chi connectivity index (χ4n) is 3.31. The van der Waals surface area contributed by atoms with Crippen molar-refractivity contribution in [2.45, 2.75) is 20.3 Å². The molecule has 30 heavy (non-hydrogen) atoms. The third kappa shape index (κ3) is 4.06. The van der Waals surface area contributed by atoms with Gasteiger partial charge in [0.2, 0.25) is 5.90 Å². The van der Waals surface area contributed by atoms with Gasteiger partial charge in [0.15, 0.2) is 17.2 Å². The standard InChI is InChI=1S/C25H23NO4/c1-3-14-29-22-13-12-17(16-23(22)28-4-2)15-21-25(27)30-24(26-21)20-11-7-9-18-8-5-6-10-19(18)20/h5-13,15-16H,3-4,14H2,1-2H3. The van der Waals surface area contributed by atoms with Gasteiger partial charge in [0.05, 0.1) is 13.2 Å². The Balaban J connectivity index is 1.67. The lowest BCUT2D eigenvalue weighted by Gasteiger charge is -2.12. The van der Waals surface area contributed by atoms with E-state index >= 15 is 0 Å². The van der Waals surface area contributed by atoms with Crippen LogP contribution in [0.2, 0.25) is 0 Å². The molecule has 0 fully saturated rings. The Morgan fingerprint density at radius 3 is 2.63 bits per heavy atom. The molecule has 0 aliphatic carbocycles. The van der Waals surface area contributed by atoms with Crippen molar-refractivity contribution in [2.75, 3.05) is 13.2 Å². The van der Waals surface area contributed by atoms with Gasteiger partial charge in [-0.25, -0.2) is 9.79 Å². The summed E-state index contributed by atoms with van der Waals surface area (Å²) >= 11 is 0. The van der Waals surface area contributed by atoms with Gasteiger partial charge in [-0.05, 0) is 54.0 Å². The number of nitrogens with zero attached hydrogens (tertiary/aromatic N) is 1. The number of esters is 1. The number of aliphatic imine (C=N–C) groups is 1. The molecule has 0 spiro atoms. The van der Waals surface area contributed by atoms with Crippen LogP contribution in [0.4, 0.5) is 0 Å². The van der Waals surface area contributed by atoms with Crippen molar-refractivity contribution < 1.29 is 19.0 Å². The summed E-state index contributed by atoms with van der Waals surface area (Å²) in [4.78, 5) is 16.9. The van der Waals surface area contributed by atoms with Crippen molar-refractivity contribution in [3.8, 4) is 11.5 Å². The van der Waals surface area contributed by atoms with E-state index in [1.165, 1.54) is 0 Å². The minimum absolute atomic E-state index is 0.252. The first-order chi connectivity index (χ1) is 14.7. The summed E-state index contributed by atoms with van der Waals surface area (Å²) in [5.41, 5.74) is 1.84. The van der Waals surface area contributed by atoms with E-state index in [4.69, 9.17) is 14.2 Å². The van der Waals surface area contributed by atoms with Gasteiger partial charge in [0.25, 0.3) is 0 Å². The second kappa shape index (κ2) is 8.82. The summed E-state index contributed by atoms with van der Waals surface area (Å²) in [6.07, 6.45) is 2.61. The van der Waals surface area contributed by atoms with Gasteiger partial charge >= 0.3 is 5.97 Å². The van der Waals surface area contributed by atoms with Gasteiger partial charge in [0.1, 0.15) is 0 Å². The van der Waals surface area contributed by atoms with Crippen LogP contribution in [-0.4, -0.2) is 25.1 Å². The van der Waals surface area contributed by atoms with Crippen molar-refractivity contribution in [1.82, 2.24) is 0 Å². The van der Waals surface area contributed by atoms with Crippen LogP contribution in [0.3, 0.4) is 0 Å². The summed E-state index contributed by atoms with van der Waals surface area (Å²) in [5.74, 6) is 1.18. The molecule has 0 saturated carbocycles. The third-order valence-electron chi connectivity index (χ3n) is 4.67. The van der Waals surface area contributed by atoms with E-state index in [1.807, 2.05) is 67.6 Å². The maximum absolute atomic E-state index is 12.5. The van der Waals surface area contributed by atoms with Crippen LogP contribution in [-0.2, 0) is 9.53 Å². The number of fused-ring (bicyclic) bond motifs is 1. The lowest BCUT2D eigenvalue weighted by atomic mass is 10.0. The molecule has 0 aromatic heterocycles. The fraction of sp³-hybridized carbons (Fsp3) is 0.200. The van der Waals surface area contributed by atoms with Gasteiger partial charge in [-0.3, -0.25) is 0 Å². The quantitative estimate of drug-likeness (QED) is 0.394. The average Bonchev–Trinajstić information content (AvgIpc) is 3.13. The van der Waals surface area contributed by atoms with Crippen LogP contribution < -0.4 is 9.47 Å².